The summed E-state index contributed by atoms with van der Waals surface area (Å²) in [4.78, 5) is 22.6. The largest absolute Gasteiger partial charge is 0.395 e. The van der Waals surface area contributed by atoms with E-state index in [1.807, 2.05) is 48.3 Å². The SMILES string of the molecule is CN(CN1CCN(CCO)C1=O)C(c1ccccc1)c1ccccn1. The van der Waals surface area contributed by atoms with Gasteiger partial charge in [-0.2, -0.15) is 0 Å². The van der Waals surface area contributed by atoms with Crippen LogP contribution in [-0.2, 0) is 0 Å². The maximum absolute atomic E-state index is 12.4. The van der Waals surface area contributed by atoms with Gasteiger partial charge in [-0.05, 0) is 24.7 Å². The summed E-state index contributed by atoms with van der Waals surface area (Å²) in [6, 6.07) is 16.0. The van der Waals surface area contributed by atoms with Crippen molar-refractivity contribution in [1.82, 2.24) is 19.7 Å². The highest BCUT2D eigenvalue weighted by Gasteiger charge is 2.30. The number of carbonyl (C=O) groups is 1. The zero-order valence-electron chi connectivity index (χ0n) is 14.5. The highest BCUT2D eigenvalue weighted by Crippen LogP contribution is 2.26. The van der Waals surface area contributed by atoms with Crippen molar-refractivity contribution in [3.8, 4) is 0 Å². The summed E-state index contributed by atoms with van der Waals surface area (Å²) in [5, 5.41) is 9.07. The number of β-amino-alcohol motifs (C(OH)–C–C–N with tert-alkyl or cyclic N) is 1. The van der Waals surface area contributed by atoms with Crippen LogP contribution in [0.5, 0.6) is 0 Å². The molecule has 1 aliphatic heterocycles. The molecule has 2 amide bonds. The molecule has 3 rings (SSSR count). The summed E-state index contributed by atoms with van der Waals surface area (Å²) in [5.74, 6) is 0. The van der Waals surface area contributed by atoms with Gasteiger partial charge in [0.1, 0.15) is 0 Å². The Balaban J connectivity index is 1.79. The van der Waals surface area contributed by atoms with Gasteiger partial charge >= 0.3 is 6.03 Å². The highest BCUT2D eigenvalue weighted by molar-refractivity contribution is 5.76. The molecule has 2 aromatic rings. The fourth-order valence-corrected chi connectivity index (χ4v) is 3.27. The molecule has 0 spiro atoms. The predicted octanol–water partition coefficient (Wildman–Crippen LogP) is 1.79. The lowest BCUT2D eigenvalue weighted by Gasteiger charge is -2.31. The molecule has 1 aromatic heterocycles. The van der Waals surface area contributed by atoms with Crippen LogP contribution in [0, 0.1) is 0 Å². The van der Waals surface area contributed by atoms with Gasteiger partial charge in [-0.1, -0.05) is 36.4 Å². The van der Waals surface area contributed by atoms with Crippen molar-refractivity contribution < 1.29 is 9.90 Å². The van der Waals surface area contributed by atoms with E-state index in [1.165, 1.54) is 0 Å². The fraction of sp³-hybridized carbons (Fsp3) is 0.368. The predicted molar refractivity (Wildman–Crippen MR) is 95.9 cm³/mol. The first-order valence-corrected chi connectivity index (χ1v) is 8.51. The van der Waals surface area contributed by atoms with Gasteiger partial charge in [0.2, 0.25) is 0 Å². The first-order valence-electron chi connectivity index (χ1n) is 8.51. The van der Waals surface area contributed by atoms with Gasteiger partial charge < -0.3 is 14.9 Å². The number of hydrogen-bond donors (Lipinski definition) is 1. The standard InChI is InChI=1S/C19H24N4O2/c1-21(15-23-12-11-22(13-14-24)19(23)25)18(16-7-3-2-4-8-16)17-9-5-6-10-20-17/h2-10,18,24H,11-15H2,1H3. The minimum Gasteiger partial charge on any atom is -0.395 e. The number of urea groups is 1. The Bertz CT molecular complexity index is 641. The summed E-state index contributed by atoms with van der Waals surface area (Å²) in [5.41, 5.74) is 2.10. The Morgan fingerprint density at radius 1 is 1.12 bits per heavy atom. The molecule has 0 radical (unpaired) electrons. The van der Waals surface area contributed by atoms with E-state index in [1.54, 1.807) is 11.1 Å². The van der Waals surface area contributed by atoms with Crippen molar-refractivity contribution in [3.05, 3.63) is 66.0 Å². The van der Waals surface area contributed by atoms with E-state index in [0.717, 1.165) is 11.3 Å². The molecule has 6 heteroatoms. The van der Waals surface area contributed by atoms with Crippen molar-refractivity contribution in [1.29, 1.82) is 0 Å². The quantitative estimate of drug-likeness (QED) is 0.835. The molecule has 1 aliphatic rings. The number of hydrogen-bond acceptors (Lipinski definition) is 4. The molecular weight excluding hydrogens is 316 g/mol. The molecule has 25 heavy (non-hydrogen) atoms. The number of benzene rings is 1. The number of pyridine rings is 1. The third-order valence-electron chi connectivity index (χ3n) is 4.47. The molecule has 1 aromatic carbocycles. The van der Waals surface area contributed by atoms with Crippen LogP contribution in [0.4, 0.5) is 4.79 Å². The van der Waals surface area contributed by atoms with E-state index >= 15 is 0 Å². The molecule has 0 saturated carbocycles. The maximum Gasteiger partial charge on any atom is 0.321 e. The molecule has 0 aliphatic carbocycles. The minimum absolute atomic E-state index is 0.00397. The average Bonchev–Trinajstić information content (AvgIpc) is 2.98. The first-order chi connectivity index (χ1) is 12.2. The van der Waals surface area contributed by atoms with Gasteiger partial charge in [-0.3, -0.25) is 9.88 Å². The summed E-state index contributed by atoms with van der Waals surface area (Å²) in [6.45, 7) is 2.23. The van der Waals surface area contributed by atoms with E-state index in [2.05, 4.69) is 22.0 Å². The van der Waals surface area contributed by atoms with E-state index in [9.17, 15) is 4.79 Å². The summed E-state index contributed by atoms with van der Waals surface area (Å²) in [7, 11) is 2.01. The number of amides is 2. The van der Waals surface area contributed by atoms with E-state index in [4.69, 9.17) is 5.11 Å². The van der Waals surface area contributed by atoms with Gasteiger partial charge in [0, 0.05) is 25.8 Å². The second-order valence-electron chi connectivity index (χ2n) is 6.22. The van der Waals surface area contributed by atoms with Crippen LogP contribution in [0.2, 0.25) is 0 Å². The van der Waals surface area contributed by atoms with Crippen molar-refractivity contribution in [2.24, 2.45) is 0 Å². The Morgan fingerprint density at radius 2 is 1.84 bits per heavy atom. The minimum atomic E-state index is -0.0258. The van der Waals surface area contributed by atoms with Crippen molar-refractivity contribution in [3.63, 3.8) is 0 Å². The molecule has 1 saturated heterocycles. The van der Waals surface area contributed by atoms with E-state index in [-0.39, 0.29) is 18.7 Å². The third-order valence-corrected chi connectivity index (χ3v) is 4.47. The number of carbonyl (C=O) groups excluding carboxylic acids is 1. The summed E-state index contributed by atoms with van der Waals surface area (Å²) in [6.07, 6.45) is 1.79. The van der Waals surface area contributed by atoms with Crippen molar-refractivity contribution >= 4 is 6.03 Å². The zero-order valence-corrected chi connectivity index (χ0v) is 14.5. The molecular formula is C19H24N4O2. The lowest BCUT2D eigenvalue weighted by Crippen LogP contribution is -2.41. The van der Waals surface area contributed by atoms with Crippen LogP contribution in [0.25, 0.3) is 0 Å². The Morgan fingerprint density at radius 3 is 2.52 bits per heavy atom. The molecule has 2 heterocycles. The van der Waals surface area contributed by atoms with Crippen LogP contribution >= 0.6 is 0 Å². The molecule has 1 unspecified atom stereocenters. The summed E-state index contributed by atoms with van der Waals surface area (Å²) >= 11 is 0. The Kier molecular flexibility index (Phi) is 5.63. The van der Waals surface area contributed by atoms with Gasteiger partial charge in [-0.15, -0.1) is 0 Å². The van der Waals surface area contributed by atoms with Crippen LogP contribution < -0.4 is 0 Å². The molecule has 1 atom stereocenters. The fourth-order valence-electron chi connectivity index (χ4n) is 3.27. The van der Waals surface area contributed by atoms with Crippen LogP contribution in [-0.4, -0.2) is 70.8 Å². The van der Waals surface area contributed by atoms with Gasteiger partial charge in [0.25, 0.3) is 0 Å². The normalized spacial score (nSPS) is 15.9. The lowest BCUT2D eigenvalue weighted by molar-refractivity contribution is 0.143. The lowest BCUT2D eigenvalue weighted by atomic mass is 10.0. The molecule has 6 nitrogen and oxygen atoms in total. The van der Waals surface area contributed by atoms with E-state index in [0.29, 0.717) is 26.3 Å². The van der Waals surface area contributed by atoms with Crippen LogP contribution in [0.1, 0.15) is 17.3 Å². The van der Waals surface area contributed by atoms with E-state index < -0.39 is 0 Å². The van der Waals surface area contributed by atoms with Gasteiger partial charge in [0.15, 0.2) is 0 Å². The molecule has 1 N–H and O–H groups in total. The highest BCUT2D eigenvalue weighted by atomic mass is 16.3. The number of rotatable bonds is 7. The monoisotopic (exact) mass is 340 g/mol. The van der Waals surface area contributed by atoms with Crippen LogP contribution in [0.15, 0.2) is 54.7 Å². The number of aliphatic hydroxyl groups excluding tert-OH is 1. The third kappa shape index (κ3) is 3.97. The smallest absolute Gasteiger partial charge is 0.321 e. The topological polar surface area (TPSA) is 59.9 Å². The van der Waals surface area contributed by atoms with Crippen molar-refractivity contribution in [2.75, 3.05) is 40.0 Å². The van der Waals surface area contributed by atoms with Crippen molar-refractivity contribution in [2.45, 2.75) is 6.04 Å². The average molecular weight is 340 g/mol. The second kappa shape index (κ2) is 8.09. The van der Waals surface area contributed by atoms with Gasteiger partial charge in [0.05, 0.1) is 25.0 Å². The zero-order chi connectivity index (χ0) is 17.6. The van der Waals surface area contributed by atoms with Gasteiger partial charge in [-0.25, -0.2) is 4.79 Å². The first kappa shape index (κ1) is 17.4. The Labute approximate surface area is 148 Å². The number of aliphatic hydroxyl groups is 1. The molecule has 0 bridgehead atoms. The van der Waals surface area contributed by atoms with Crippen LogP contribution in [0.3, 0.4) is 0 Å². The summed E-state index contributed by atoms with van der Waals surface area (Å²) < 4.78 is 0. The molecule has 1 fully saturated rings. The molecule has 132 valence electrons. The number of aromatic nitrogens is 1. The Hall–Kier alpha value is -2.44. The number of nitrogens with zero attached hydrogens (tertiary/aromatic N) is 4. The maximum atomic E-state index is 12.4. The second-order valence-corrected chi connectivity index (χ2v) is 6.22.